The molecular formula is C15H13I. The van der Waals surface area contributed by atoms with Crippen molar-refractivity contribution in [2.75, 3.05) is 0 Å². The van der Waals surface area contributed by atoms with E-state index in [0.717, 1.165) is 0 Å². The van der Waals surface area contributed by atoms with E-state index in [1.165, 1.54) is 20.3 Å². The Morgan fingerprint density at radius 1 is 0.938 bits per heavy atom. The molecule has 0 aliphatic heterocycles. The summed E-state index contributed by atoms with van der Waals surface area (Å²) in [6.07, 6.45) is 4.32. The standard InChI is InChI=1S/C15H13I/c1-12-5-2-3-7-14(12)10-9-13-6-4-8-15(16)11-13/h2-11H,1H3/b10-9-. The molecule has 80 valence electrons. The summed E-state index contributed by atoms with van der Waals surface area (Å²) in [5.41, 5.74) is 3.83. The molecule has 2 aromatic rings. The van der Waals surface area contributed by atoms with Gasteiger partial charge >= 0.3 is 0 Å². The minimum absolute atomic E-state index is 1.25. The van der Waals surface area contributed by atoms with Gasteiger partial charge in [-0.05, 0) is 58.3 Å². The van der Waals surface area contributed by atoms with Gasteiger partial charge in [0.15, 0.2) is 0 Å². The van der Waals surface area contributed by atoms with Gasteiger partial charge in [-0.25, -0.2) is 0 Å². The molecule has 0 saturated carbocycles. The van der Waals surface area contributed by atoms with Crippen LogP contribution in [-0.4, -0.2) is 0 Å². The highest BCUT2D eigenvalue weighted by molar-refractivity contribution is 14.1. The van der Waals surface area contributed by atoms with Gasteiger partial charge in [0, 0.05) is 3.57 Å². The molecule has 0 unspecified atom stereocenters. The molecule has 0 nitrogen and oxygen atoms in total. The zero-order chi connectivity index (χ0) is 11.4. The lowest BCUT2D eigenvalue weighted by atomic mass is 10.1. The lowest BCUT2D eigenvalue weighted by molar-refractivity contribution is 1.45. The Morgan fingerprint density at radius 3 is 2.50 bits per heavy atom. The highest BCUT2D eigenvalue weighted by atomic mass is 127. The molecule has 0 heterocycles. The van der Waals surface area contributed by atoms with Crippen molar-refractivity contribution in [3.63, 3.8) is 0 Å². The third-order valence-corrected chi connectivity index (χ3v) is 3.16. The number of hydrogen-bond acceptors (Lipinski definition) is 0. The number of hydrogen-bond donors (Lipinski definition) is 0. The zero-order valence-electron chi connectivity index (χ0n) is 9.15. The summed E-state index contributed by atoms with van der Waals surface area (Å²) in [5, 5.41) is 0. The van der Waals surface area contributed by atoms with Gasteiger partial charge in [-0.15, -0.1) is 0 Å². The van der Waals surface area contributed by atoms with E-state index < -0.39 is 0 Å². The normalized spacial score (nSPS) is 10.9. The predicted octanol–water partition coefficient (Wildman–Crippen LogP) is 4.77. The average Bonchev–Trinajstić information content (AvgIpc) is 2.28. The predicted molar refractivity (Wildman–Crippen MR) is 79.3 cm³/mol. The van der Waals surface area contributed by atoms with Gasteiger partial charge in [0.05, 0.1) is 0 Å². The molecule has 0 radical (unpaired) electrons. The molecule has 0 amide bonds. The van der Waals surface area contributed by atoms with Gasteiger partial charge in [0.25, 0.3) is 0 Å². The van der Waals surface area contributed by atoms with Crippen LogP contribution in [0.15, 0.2) is 48.5 Å². The van der Waals surface area contributed by atoms with Crippen LogP contribution >= 0.6 is 22.6 Å². The van der Waals surface area contributed by atoms with Crippen LogP contribution in [0.4, 0.5) is 0 Å². The maximum Gasteiger partial charge on any atom is 0.0136 e. The molecule has 0 bridgehead atoms. The molecule has 0 N–H and O–H groups in total. The first-order valence-electron chi connectivity index (χ1n) is 5.25. The molecule has 0 aliphatic rings. The molecule has 0 saturated heterocycles. The van der Waals surface area contributed by atoms with Crippen LogP contribution in [-0.2, 0) is 0 Å². The first-order chi connectivity index (χ1) is 7.75. The minimum atomic E-state index is 1.25. The topological polar surface area (TPSA) is 0 Å². The maximum atomic E-state index is 2.33. The van der Waals surface area contributed by atoms with Crippen LogP contribution in [0.3, 0.4) is 0 Å². The molecule has 2 aromatic carbocycles. The highest BCUT2D eigenvalue weighted by Crippen LogP contribution is 2.13. The van der Waals surface area contributed by atoms with E-state index in [9.17, 15) is 0 Å². The van der Waals surface area contributed by atoms with Gasteiger partial charge < -0.3 is 0 Å². The van der Waals surface area contributed by atoms with Crippen molar-refractivity contribution in [1.29, 1.82) is 0 Å². The zero-order valence-corrected chi connectivity index (χ0v) is 11.3. The summed E-state index contributed by atoms with van der Waals surface area (Å²) in [7, 11) is 0. The largest absolute Gasteiger partial charge is 0.0620 e. The fourth-order valence-corrected chi connectivity index (χ4v) is 2.14. The number of aryl methyl sites for hydroxylation is 1. The van der Waals surface area contributed by atoms with Crippen molar-refractivity contribution in [1.82, 2.24) is 0 Å². The third kappa shape index (κ3) is 2.95. The van der Waals surface area contributed by atoms with Crippen LogP contribution in [0.25, 0.3) is 12.2 Å². The molecule has 0 atom stereocenters. The smallest absolute Gasteiger partial charge is 0.0136 e. The van der Waals surface area contributed by atoms with E-state index in [4.69, 9.17) is 0 Å². The first-order valence-corrected chi connectivity index (χ1v) is 6.33. The molecule has 0 fully saturated rings. The molecule has 0 aromatic heterocycles. The Hall–Kier alpha value is -1.09. The molecule has 0 aliphatic carbocycles. The van der Waals surface area contributed by atoms with E-state index in [1.807, 2.05) is 0 Å². The Kier molecular flexibility index (Phi) is 3.78. The van der Waals surface area contributed by atoms with Gasteiger partial charge in [-0.2, -0.15) is 0 Å². The summed E-state index contributed by atoms with van der Waals surface area (Å²) in [4.78, 5) is 0. The van der Waals surface area contributed by atoms with Crippen molar-refractivity contribution in [3.8, 4) is 0 Å². The van der Waals surface area contributed by atoms with Crippen molar-refractivity contribution < 1.29 is 0 Å². The third-order valence-electron chi connectivity index (χ3n) is 2.49. The number of benzene rings is 2. The first kappa shape index (κ1) is 11.4. The van der Waals surface area contributed by atoms with Gasteiger partial charge in [-0.3, -0.25) is 0 Å². The quantitative estimate of drug-likeness (QED) is 0.552. The van der Waals surface area contributed by atoms with Crippen molar-refractivity contribution in [2.24, 2.45) is 0 Å². The Balaban J connectivity index is 2.25. The lowest BCUT2D eigenvalue weighted by Crippen LogP contribution is -1.78. The summed E-state index contributed by atoms with van der Waals surface area (Å²) < 4.78 is 1.27. The summed E-state index contributed by atoms with van der Waals surface area (Å²) >= 11 is 2.33. The fourth-order valence-electron chi connectivity index (χ4n) is 1.57. The second-order valence-electron chi connectivity index (χ2n) is 3.74. The molecule has 2 rings (SSSR count). The maximum absolute atomic E-state index is 2.33. The van der Waals surface area contributed by atoms with Gasteiger partial charge in [0.1, 0.15) is 0 Å². The van der Waals surface area contributed by atoms with Gasteiger partial charge in [0.2, 0.25) is 0 Å². The van der Waals surface area contributed by atoms with Crippen LogP contribution < -0.4 is 0 Å². The Bertz CT molecular complexity index is 512. The number of rotatable bonds is 2. The second kappa shape index (κ2) is 5.30. The van der Waals surface area contributed by atoms with E-state index in [2.05, 4.69) is 90.2 Å². The van der Waals surface area contributed by atoms with Crippen LogP contribution in [0.5, 0.6) is 0 Å². The SMILES string of the molecule is Cc1ccccc1/C=C\c1cccc(I)c1. The summed E-state index contributed by atoms with van der Waals surface area (Å²) in [5.74, 6) is 0. The fraction of sp³-hybridized carbons (Fsp3) is 0.0667. The van der Waals surface area contributed by atoms with Crippen molar-refractivity contribution in [3.05, 3.63) is 68.8 Å². The minimum Gasteiger partial charge on any atom is -0.0620 e. The Labute approximate surface area is 110 Å². The average molecular weight is 320 g/mol. The van der Waals surface area contributed by atoms with Crippen molar-refractivity contribution in [2.45, 2.75) is 6.92 Å². The molecule has 16 heavy (non-hydrogen) atoms. The number of halogens is 1. The van der Waals surface area contributed by atoms with Crippen LogP contribution in [0.1, 0.15) is 16.7 Å². The van der Waals surface area contributed by atoms with E-state index in [1.54, 1.807) is 0 Å². The van der Waals surface area contributed by atoms with E-state index >= 15 is 0 Å². The van der Waals surface area contributed by atoms with E-state index in [-0.39, 0.29) is 0 Å². The monoisotopic (exact) mass is 320 g/mol. The van der Waals surface area contributed by atoms with Gasteiger partial charge in [-0.1, -0.05) is 48.6 Å². The van der Waals surface area contributed by atoms with E-state index in [0.29, 0.717) is 0 Å². The highest BCUT2D eigenvalue weighted by Gasteiger charge is 1.92. The molecule has 0 spiro atoms. The summed E-state index contributed by atoms with van der Waals surface area (Å²) in [6, 6.07) is 16.9. The lowest BCUT2D eigenvalue weighted by Gasteiger charge is -1.99. The summed E-state index contributed by atoms with van der Waals surface area (Å²) in [6.45, 7) is 2.13. The van der Waals surface area contributed by atoms with Crippen LogP contribution in [0.2, 0.25) is 0 Å². The molecule has 1 heteroatoms. The second-order valence-corrected chi connectivity index (χ2v) is 4.99. The Morgan fingerprint density at radius 2 is 1.75 bits per heavy atom. The van der Waals surface area contributed by atoms with Crippen molar-refractivity contribution >= 4 is 34.7 Å². The molecular weight excluding hydrogens is 307 g/mol. The van der Waals surface area contributed by atoms with Crippen LogP contribution in [0, 0.1) is 10.5 Å².